The lowest BCUT2D eigenvalue weighted by Crippen LogP contribution is -2.41. The summed E-state index contributed by atoms with van der Waals surface area (Å²) in [5.41, 5.74) is 2.12. The number of halogens is 1. The van der Waals surface area contributed by atoms with Gasteiger partial charge in [0.1, 0.15) is 0 Å². The Morgan fingerprint density at radius 1 is 1.44 bits per heavy atom. The minimum atomic E-state index is -0.521. The van der Waals surface area contributed by atoms with E-state index in [1.807, 2.05) is 52.0 Å². The first kappa shape index (κ1) is 13.2. The van der Waals surface area contributed by atoms with Crippen LogP contribution in [-0.4, -0.2) is 16.8 Å². The maximum atomic E-state index is 12.2. The fourth-order valence-electron chi connectivity index (χ4n) is 1.56. The minimum Gasteiger partial charge on any atom is -0.312 e. The second-order valence-corrected chi connectivity index (χ2v) is 6.34. The smallest absolute Gasteiger partial charge is 0.243 e. The second-order valence-electron chi connectivity index (χ2n) is 4.36. The number of aryl methyl sites for hydroxylation is 1. The number of amides is 1. The molecule has 0 saturated heterocycles. The van der Waals surface area contributed by atoms with Crippen LogP contribution in [0.2, 0.25) is 0 Å². The molecule has 0 bridgehead atoms. The van der Waals surface area contributed by atoms with Gasteiger partial charge in [0, 0.05) is 12.2 Å². The van der Waals surface area contributed by atoms with Gasteiger partial charge in [-0.15, -0.1) is 0 Å². The second kappa shape index (κ2) is 5.00. The summed E-state index contributed by atoms with van der Waals surface area (Å²) in [6, 6.07) is 8.00. The topological polar surface area (TPSA) is 20.3 Å². The van der Waals surface area contributed by atoms with Crippen LogP contribution in [0.1, 0.15) is 26.3 Å². The van der Waals surface area contributed by atoms with E-state index in [4.69, 9.17) is 0 Å². The molecular weight excluding hydrogens is 266 g/mol. The zero-order chi connectivity index (χ0) is 12.3. The lowest BCUT2D eigenvalue weighted by atomic mass is 10.1. The number of anilines is 1. The van der Waals surface area contributed by atoms with Crippen LogP contribution in [0.4, 0.5) is 5.69 Å². The molecule has 0 aliphatic heterocycles. The third kappa shape index (κ3) is 3.08. The van der Waals surface area contributed by atoms with Crippen molar-refractivity contribution in [3.8, 4) is 0 Å². The summed E-state index contributed by atoms with van der Waals surface area (Å²) >= 11 is 3.41. The van der Waals surface area contributed by atoms with Crippen molar-refractivity contribution >= 4 is 27.5 Å². The summed E-state index contributed by atoms with van der Waals surface area (Å²) < 4.78 is -0.521. The summed E-state index contributed by atoms with van der Waals surface area (Å²) in [5.74, 6) is 0.0839. The Bertz CT molecular complexity index is 382. The molecule has 0 aliphatic rings. The van der Waals surface area contributed by atoms with E-state index in [1.54, 1.807) is 4.90 Å². The molecule has 2 nitrogen and oxygen atoms in total. The first-order chi connectivity index (χ1) is 7.36. The number of benzene rings is 1. The number of nitrogens with zero attached hydrogens (tertiary/aromatic N) is 1. The first-order valence-electron chi connectivity index (χ1n) is 5.44. The van der Waals surface area contributed by atoms with Crippen LogP contribution in [0.15, 0.2) is 24.3 Å². The largest absolute Gasteiger partial charge is 0.312 e. The van der Waals surface area contributed by atoms with Gasteiger partial charge < -0.3 is 4.90 Å². The molecule has 0 N–H and O–H groups in total. The number of hydrogen-bond donors (Lipinski definition) is 0. The molecule has 0 heterocycles. The highest BCUT2D eigenvalue weighted by Crippen LogP contribution is 2.24. The maximum Gasteiger partial charge on any atom is 0.243 e. The van der Waals surface area contributed by atoms with Crippen molar-refractivity contribution in [2.24, 2.45) is 0 Å². The minimum absolute atomic E-state index is 0.0839. The average Bonchev–Trinajstić information content (AvgIpc) is 2.17. The van der Waals surface area contributed by atoms with E-state index < -0.39 is 4.32 Å². The lowest BCUT2D eigenvalue weighted by molar-refractivity contribution is -0.119. The molecular formula is C13H18BrNO. The Kier molecular flexibility index (Phi) is 4.14. The average molecular weight is 284 g/mol. The van der Waals surface area contributed by atoms with E-state index >= 15 is 0 Å². The van der Waals surface area contributed by atoms with Crippen LogP contribution in [0, 0.1) is 6.92 Å². The van der Waals surface area contributed by atoms with Crippen LogP contribution in [-0.2, 0) is 4.79 Å². The summed E-state index contributed by atoms with van der Waals surface area (Å²) in [6.45, 7) is 8.43. The summed E-state index contributed by atoms with van der Waals surface area (Å²) in [6.07, 6.45) is 0. The Hall–Kier alpha value is -0.830. The molecule has 0 aromatic heterocycles. The van der Waals surface area contributed by atoms with Gasteiger partial charge in [0.05, 0.1) is 4.32 Å². The van der Waals surface area contributed by atoms with Crippen molar-refractivity contribution < 1.29 is 4.79 Å². The number of hydrogen-bond acceptors (Lipinski definition) is 1. The predicted octanol–water partition coefficient (Wildman–Crippen LogP) is 3.52. The van der Waals surface area contributed by atoms with Crippen LogP contribution in [0.5, 0.6) is 0 Å². The van der Waals surface area contributed by atoms with Gasteiger partial charge in [-0.1, -0.05) is 28.1 Å². The van der Waals surface area contributed by atoms with Crippen molar-refractivity contribution in [2.75, 3.05) is 11.4 Å². The van der Waals surface area contributed by atoms with Gasteiger partial charge in [0.15, 0.2) is 0 Å². The molecule has 1 amide bonds. The molecule has 1 aromatic rings. The molecule has 88 valence electrons. The molecule has 0 unspecified atom stereocenters. The van der Waals surface area contributed by atoms with Gasteiger partial charge in [0.2, 0.25) is 5.91 Å². The Morgan fingerprint density at radius 2 is 2.06 bits per heavy atom. The molecule has 0 atom stereocenters. The highest BCUT2D eigenvalue weighted by atomic mass is 79.9. The molecule has 0 saturated carbocycles. The Labute approximate surface area is 106 Å². The zero-order valence-electron chi connectivity index (χ0n) is 10.2. The van der Waals surface area contributed by atoms with Crippen molar-refractivity contribution in [3.63, 3.8) is 0 Å². The van der Waals surface area contributed by atoms with Crippen molar-refractivity contribution in [1.29, 1.82) is 0 Å². The highest BCUT2D eigenvalue weighted by Gasteiger charge is 2.29. The van der Waals surface area contributed by atoms with E-state index in [1.165, 1.54) is 0 Å². The quantitative estimate of drug-likeness (QED) is 0.778. The summed E-state index contributed by atoms with van der Waals surface area (Å²) in [7, 11) is 0. The van der Waals surface area contributed by atoms with Gasteiger partial charge in [-0.3, -0.25) is 4.79 Å². The van der Waals surface area contributed by atoms with Crippen molar-refractivity contribution in [1.82, 2.24) is 0 Å². The number of alkyl halides is 1. The fraction of sp³-hybridized carbons (Fsp3) is 0.462. The standard InChI is InChI=1S/C13H18BrNO/c1-5-15(12(16)13(3,4)14)11-8-6-7-10(2)9-11/h6-9H,5H2,1-4H3. The third-order valence-electron chi connectivity index (χ3n) is 2.38. The SMILES string of the molecule is CCN(C(=O)C(C)(C)Br)c1cccc(C)c1. The first-order valence-corrected chi connectivity index (χ1v) is 6.23. The van der Waals surface area contributed by atoms with Crippen molar-refractivity contribution in [3.05, 3.63) is 29.8 Å². The van der Waals surface area contributed by atoms with Gasteiger partial charge in [-0.2, -0.15) is 0 Å². The molecule has 0 radical (unpaired) electrons. The monoisotopic (exact) mass is 283 g/mol. The molecule has 1 rings (SSSR count). The zero-order valence-corrected chi connectivity index (χ0v) is 11.8. The summed E-state index contributed by atoms with van der Waals surface area (Å²) in [4.78, 5) is 14.0. The summed E-state index contributed by atoms with van der Waals surface area (Å²) in [5, 5.41) is 0. The molecule has 1 aromatic carbocycles. The number of carbonyl (C=O) groups is 1. The molecule has 0 spiro atoms. The molecule has 0 aliphatic carbocycles. The van der Waals surface area contributed by atoms with E-state index in [2.05, 4.69) is 15.9 Å². The Morgan fingerprint density at radius 3 is 2.50 bits per heavy atom. The van der Waals surface area contributed by atoms with Crippen LogP contribution >= 0.6 is 15.9 Å². The van der Waals surface area contributed by atoms with E-state index in [9.17, 15) is 4.79 Å². The maximum absolute atomic E-state index is 12.2. The number of rotatable bonds is 3. The van der Waals surface area contributed by atoms with Crippen molar-refractivity contribution in [2.45, 2.75) is 32.0 Å². The van der Waals surface area contributed by atoms with Crippen LogP contribution in [0.3, 0.4) is 0 Å². The van der Waals surface area contributed by atoms with E-state index in [0.29, 0.717) is 6.54 Å². The number of carbonyl (C=O) groups excluding carboxylic acids is 1. The van der Waals surface area contributed by atoms with Gasteiger partial charge in [0.25, 0.3) is 0 Å². The Balaban J connectivity index is 3.04. The van der Waals surface area contributed by atoms with Gasteiger partial charge in [-0.05, 0) is 45.4 Å². The predicted molar refractivity (Wildman–Crippen MR) is 72.2 cm³/mol. The highest BCUT2D eigenvalue weighted by molar-refractivity contribution is 9.10. The third-order valence-corrected chi connectivity index (χ3v) is 2.72. The fourth-order valence-corrected chi connectivity index (χ4v) is 1.77. The van der Waals surface area contributed by atoms with Crippen LogP contribution < -0.4 is 4.90 Å². The molecule has 3 heteroatoms. The van der Waals surface area contributed by atoms with E-state index in [0.717, 1.165) is 11.3 Å². The lowest BCUT2D eigenvalue weighted by Gasteiger charge is -2.27. The van der Waals surface area contributed by atoms with Gasteiger partial charge >= 0.3 is 0 Å². The van der Waals surface area contributed by atoms with Gasteiger partial charge in [-0.25, -0.2) is 0 Å². The van der Waals surface area contributed by atoms with E-state index in [-0.39, 0.29) is 5.91 Å². The normalized spacial score (nSPS) is 11.3. The molecule has 16 heavy (non-hydrogen) atoms. The molecule has 0 fully saturated rings. The van der Waals surface area contributed by atoms with Crippen LogP contribution in [0.25, 0.3) is 0 Å².